The Balaban J connectivity index is 1.67. The molecule has 2 aliphatic rings. The van der Waals surface area contributed by atoms with Gasteiger partial charge in [-0.1, -0.05) is 31.6 Å². The van der Waals surface area contributed by atoms with E-state index >= 15 is 0 Å². The van der Waals surface area contributed by atoms with Crippen molar-refractivity contribution < 1.29 is 0 Å². The summed E-state index contributed by atoms with van der Waals surface area (Å²) in [7, 11) is 0. The van der Waals surface area contributed by atoms with Gasteiger partial charge in [0.2, 0.25) is 0 Å². The molecule has 72 valence electrons. The molecule has 0 aromatic carbocycles. The highest BCUT2D eigenvalue weighted by Crippen LogP contribution is 2.32. The van der Waals surface area contributed by atoms with Gasteiger partial charge in [-0.15, -0.1) is 0 Å². The summed E-state index contributed by atoms with van der Waals surface area (Å²) in [5.41, 5.74) is 3.13. The van der Waals surface area contributed by atoms with E-state index in [-0.39, 0.29) is 0 Å². The van der Waals surface area contributed by atoms with Gasteiger partial charge in [0.25, 0.3) is 0 Å². The normalized spacial score (nSPS) is 26.3. The fraction of sp³-hybridized carbons (Fsp3) is 0.667. The Morgan fingerprint density at radius 2 is 2.23 bits per heavy atom. The van der Waals surface area contributed by atoms with Gasteiger partial charge < -0.3 is 5.32 Å². The van der Waals surface area contributed by atoms with Crippen LogP contribution in [0.2, 0.25) is 0 Å². The molecular formula is C12H19N. The molecule has 0 aromatic heterocycles. The fourth-order valence-electron chi connectivity index (χ4n) is 1.85. The van der Waals surface area contributed by atoms with Crippen LogP contribution in [0, 0.1) is 11.8 Å². The average Bonchev–Trinajstić information content (AvgIpc) is 2.93. The van der Waals surface area contributed by atoms with Gasteiger partial charge in [-0.2, -0.15) is 0 Å². The van der Waals surface area contributed by atoms with E-state index in [1.165, 1.54) is 25.0 Å². The first kappa shape index (κ1) is 8.86. The molecule has 1 N–H and O–H groups in total. The monoisotopic (exact) mass is 177 g/mol. The molecule has 2 rings (SSSR count). The minimum Gasteiger partial charge on any atom is -0.382 e. The first-order chi connectivity index (χ1) is 6.25. The molecule has 1 heteroatoms. The Bertz CT molecular complexity index is 244. The molecule has 1 aliphatic carbocycles. The molecule has 0 saturated carbocycles. The van der Waals surface area contributed by atoms with Crippen LogP contribution in [0.15, 0.2) is 23.4 Å². The third-order valence-electron chi connectivity index (χ3n) is 2.98. The maximum Gasteiger partial charge on any atom is 0.0542 e. The van der Waals surface area contributed by atoms with Crippen molar-refractivity contribution in [2.45, 2.75) is 33.1 Å². The van der Waals surface area contributed by atoms with Crippen molar-refractivity contribution in [1.82, 2.24) is 5.32 Å². The molecule has 1 saturated heterocycles. The number of nitrogens with one attached hydrogen (secondary N) is 1. The molecule has 1 nitrogen and oxygen atoms in total. The lowest BCUT2D eigenvalue weighted by molar-refractivity contribution is 0.462. The summed E-state index contributed by atoms with van der Waals surface area (Å²) in [4.78, 5) is 0. The highest BCUT2D eigenvalue weighted by atomic mass is 15.0. The van der Waals surface area contributed by atoms with Crippen LogP contribution in [-0.2, 0) is 0 Å². The lowest BCUT2D eigenvalue weighted by Crippen LogP contribution is -2.01. The van der Waals surface area contributed by atoms with Gasteiger partial charge in [-0.25, -0.2) is 0 Å². The van der Waals surface area contributed by atoms with Crippen LogP contribution < -0.4 is 5.32 Å². The van der Waals surface area contributed by atoms with Gasteiger partial charge in [0.1, 0.15) is 0 Å². The standard InChI is InChI=1S/C12H19N/c1-9(3-6-12-8-13-12)7-10(2)11-4-5-11/h4,6,9-10,13H,3,5,7-8H2,1-2H3/b12-6-. The molecule has 1 fully saturated rings. The summed E-state index contributed by atoms with van der Waals surface area (Å²) in [6.45, 7) is 5.85. The molecular weight excluding hydrogens is 158 g/mol. The van der Waals surface area contributed by atoms with Crippen molar-refractivity contribution in [3.8, 4) is 0 Å². The van der Waals surface area contributed by atoms with Gasteiger partial charge in [0, 0.05) is 5.70 Å². The van der Waals surface area contributed by atoms with E-state index in [1.807, 2.05) is 0 Å². The molecule has 2 atom stereocenters. The van der Waals surface area contributed by atoms with Crippen molar-refractivity contribution in [3.63, 3.8) is 0 Å². The van der Waals surface area contributed by atoms with E-state index in [2.05, 4.69) is 31.3 Å². The van der Waals surface area contributed by atoms with Crippen LogP contribution in [0.25, 0.3) is 0 Å². The smallest absolute Gasteiger partial charge is 0.0542 e. The Morgan fingerprint density at radius 3 is 2.77 bits per heavy atom. The number of allylic oxidation sites excluding steroid dienone is 3. The van der Waals surface area contributed by atoms with Crippen LogP contribution >= 0.6 is 0 Å². The zero-order valence-electron chi connectivity index (χ0n) is 8.64. The van der Waals surface area contributed by atoms with E-state index in [9.17, 15) is 0 Å². The van der Waals surface area contributed by atoms with Crippen molar-refractivity contribution in [3.05, 3.63) is 23.4 Å². The Morgan fingerprint density at radius 1 is 1.54 bits per heavy atom. The number of hydrogen-bond acceptors (Lipinski definition) is 1. The fourth-order valence-corrected chi connectivity index (χ4v) is 1.85. The van der Waals surface area contributed by atoms with Gasteiger partial charge in [0.15, 0.2) is 0 Å². The number of hydrogen-bond donors (Lipinski definition) is 1. The predicted octanol–water partition coefficient (Wildman–Crippen LogP) is 2.86. The van der Waals surface area contributed by atoms with E-state index < -0.39 is 0 Å². The first-order valence-corrected chi connectivity index (χ1v) is 5.37. The zero-order chi connectivity index (χ0) is 9.26. The van der Waals surface area contributed by atoms with E-state index in [1.54, 1.807) is 5.57 Å². The molecule has 1 aliphatic heterocycles. The maximum absolute atomic E-state index is 3.23. The molecule has 2 unspecified atom stereocenters. The third-order valence-corrected chi connectivity index (χ3v) is 2.98. The Kier molecular flexibility index (Phi) is 2.43. The SMILES string of the molecule is CC(C/C=C1/CN1)CC(C)C1=CC1. The second kappa shape index (κ2) is 3.57. The number of rotatable bonds is 5. The molecule has 0 bridgehead atoms. The predicted molar refractivity (Wildman–Crippen MR) is 56.3 cm³/mol. The molecule has 1 heterocycles. The summed E-state index contributed by atoms with van der Waals surface area (Å²) < 4.78 is 0. The van der Waals surface area contributed by atoms with Crippen LogP contribution in [0.1, 0.15) is 33.1 Å². The van der Waals surface area contributed by atoms with Gasteiger partial charge >= 0.3 is 0 Å². The van der Waals surface area contributed by atoms with Crippen molar-refractivity contribution in [2.75, 3.05) is 6.54 Å². The lowest BCUT2D eigenvalue weighted by Gasteiger charge is -2.13. The first-order valence-electron chi connectivity index (χ1n) is 5.37. The third kappa shape index (κ3) is 2.91. The van der Waals surface area contributed by atoms with Crippen LogP contribution in [0.3, 0.4) is 0 Å². The summed E-state index contributed by atoms with van der Waals surface area (Å²) in [6, 6.07) is 0. The Hall–Kier alpha value is -0.720. The summed E-state index contributed by atoms with van der Waals surface area (Å²) in [5.74, 6) is 1.67. The molecule has 0 radical (unpaired) electrons. The zero-order valence-corrected chi connectivity index (χ0v) is 8.64. The van der Waals surface area contributed by atoms with Crippen LogP contribution in [0.5, 0.6) is 0 Å². The topological polar surface area (TPSA) is 21.9 Å². The quantitative estimate of drug-likeness (QED) is 0.506. The second-order valence-electron chi connectivity index (χ2n) is 4.54. The molecule has 13 heavy (non-hydrogen) atoms. The maximum atomic E-state index is 3.23. The van der Waals surface area contributed by atoms with Crippen LogP contribution in [0.4, 0.5) is 0 Å². The van der Waals surface area contributed by atoms with Crippen molar-refractivity contribution in [2.24, 2.45) is 11.8 Å². The summed E-state index contributed by atoms with van der Waals surface area (Å²) in [5, 5.41) is 3.23. The molecule has 0 spiro atoms. The average molecular weight is 177 g/mol. The van der Waals surface area contributed by atoms with E-state index in [0.717, 1.165) is 18.4 Å². The largest absolute Gasteiger partial charge is 0.382 e. The molecule has 0 amide bonds. The highest BCUT2D eigenvalue weighted by molar-refractivity contribution is 5.24. The minimum atomic E-state index is 0.834. The van der Waals surface area contributed by atoms with Crippen molar-refractivity contribution >= 4 is 0 Å². The van der Waals surface area contributed by atoms with Crippen LogP contribution in [-0.4, -0.2) is 6.54 Å². The van der Waals surface area contributed by atoms with Gasteiger partial charge in [-0.3, -0.25) is 0 Å². The summed E-state index contributed by atoms with van der Waals surface area (Å²) in [6.07, 6.45) is 8.61. The highest BCUT2D eigenvalue weighted by Gasteiger charge is 2.18. The van der Waals surface area contributed by atoms with Gasteiger partial charge in [-0.05, 0) is 31.1 Å². The van der Waals surface area contributed by atoms with E-state index in [0.29, 0.717) is 0 Å². The lowest BCUT2D eigenvalue weighted by atomic mass is 9.93. The minimum absolute atomic E-state index is 0.834. The van der Waals surface area contributed by atoms with Crippen molar-refractivity contribution in [1.29, 1.82) is 0 Å². The molecule has 0 aromatic rings. The van der Waals surface area contributed by atoms with Gasteiger partial charge in [0.05, 0.1) is 6.54 Å². The van der Waals surface area contributed by atoms with E-state index in [4.69, 9.17) is 0 Å². The summed E-state index contributed by atoms with van der Waals surface area (Å²) >= 11 is 0. The second-order valence-corrected chi connectivity index (χ2v) is 4.54. The Labute approximate surface area is 80.9 Å².